The molecule has 9 heteroatoms. The number of nitriles is 1. The van der Waals surface area contributed by atoms with E-state index < -0.39 is 11.8 Å². The number of nitrogens with zero attached hydrogens (tertiary/aromatic N) is 2. The van der Waals surface area contributed by atoms with Crippen LogP contribution in [0.4, 0.5) is 5.69 Å². The van der Waals surface area contributed by atoms with Gasteiger partial charge in [0.15, 0.2) is 23.2 Å². The van der Waals surface area contributed by atoms with Gasteiger partial charge >= 0.3 is 0 Å². The SMILES string of the molecule is COc1cc(C=C2C(=O)NC(=S)N(c3ccc(Br)cc3C)C2=O)ccc1OCC#N. The normalized spacial score (nSPS) is 15.1. The van der Waals surface area contributed by atoms with Crippen molar-refractivity contribution in [2.45, 2.75) is 6.92 Å². The Morgan fingerprint density at radius 3 is 2.67 bits per heavy atom. The van der Waals surface area contributed by atoms with E-state index in [9.17, 15) is 9.59 Å². The molecule has 1 aliphatic rings. The molecule has 0 bridgehead atoms. The second-order valence-corrected chi connectivity index (χ2v) is 7.55. The lowest BCUT2D eigenvalue weighted by molar-refractivity contribution is -0.122. The van der Waals surface area contributed by atoms with E-state index in [1.165, 1.54) is 18.1 Å². The average Bonchev–Trinajstić information content (AvgIpc) is 2.71. The number of benzene rings is 2. The summed E-state index contributed by atoms with van der Waals surface area (Å²) in [6.45, 7) is 1.72. The van der Waals surface area contributed by atoms with E-state index in [2.05, 4.69) is 21.2 Å². The van der Waals surface area contributed by atoms with Gasteiger partial charge in [0.2, 0.25) is 0 Å². The van der Waals surface area contributed by atoms with Crippen LogP contribution in [0, 0.1) is 18.3 Å². The van der Waals surface area contributed by atoms with Crippen LogP contribution in [0.15, 0.2) is 46.4 Å². The third kappa shape index (κ3) is 4.35. The van der Waals surface area contributed by atoms with E-state index in [1.54, 1.807) is 30.3 Å². The summed E-state index contributed by atoms with van der Waals surface area (Å²) in [4.78, 5) is 26.9. The van der Waals surface area contributed by atoms with E-state index in [0.717, 1.165) is 10.0 Å². The van der Waals surface area contributed by atoms with Gasteiger partial charge in [0.05, 0.1) is 12.8 Å². The van der Waals surface area contributed by atoms with Gasteiger partial charge in [-0.05, 0) is 66.7 Å². The highest BCUT2D eigenvalue weighted by Crippen LogP contribution is 2.31. The molecular formula is C21H16BrN3O4S. The van der Waals surface area contributed by atoms with Gasteiger partial charge in [0.1, 0.15) is 11.6 Å². The van der Waals surface area contributed by atoms with Crippen molar-refractivity contribution >= 4 is 56.8 Å². The van der Waals surface area contributed by atoms with Gasteiger partial charge in [0, 0.05) is 4.47 Å². The van der Waals surface area contributed by atoms with Crippen LogP contribution < -0.4 is 19.7 Å². The van der Waals surface area contributed by atoms with Gasteiger partial charge in [-0.15, -0.1) is 0 Å². The molecule has 0 aliphatic carbocycles. The predicted molar refractivity (Wildman–Crippen MR) is 119 cm³/mol. The average molecular weight is 486 g/mol. The number of amides is 2. The van der Waals surface area contributed by atoms with Crippen molar-refractivity contribution in [2.75, 3.05) is 18.6 Å². The molecule has 0 aromatic heterocycles. The first kappa shape index (κ1) is 21.5. The third-order valence-electron chi connectivity index (χ3n) is 4.29. The lowest BCUT2D eigenvalue weighted by atomic mass is 10.1. The summed E-state index contributed by atoms with van der Waals surface area (Å²) in [5.41, 5.74) is 1.88. The minimum Gasteiger partial charge on any atom is -0.493 e. The van der Waals surface area contributed by atoms with Crippen LogP contribution >= 0.6 is 28.1 Å². The maximum atomic E-state index is 13.2. The molecule has 2 amide bonds. The fourth-order valence-corrected chi connectivity index (χ4v) is 3.67. The highest BCUT2D eigenvalue weighted by molar-refractivity contribution is 9.10. The second kappa shape index (κ2) is 9.07. The van der Waals surface area contributed by atoms with Crippen LogP contribution in [0.2, 0.25) is 0 Å². The molecule has 0 atom stereocenters. The number of thiocarbonyl (C=S) groups is 1. The Hall–Kier alpha value is -3.22. The van der Waals surface area contributed by atoms with E-state index in [-0.39, 0.29) is 17.3 Å². The Morgan fingerprint density at radius 2 is 2.00 bits per heavy atom. The first-order chi connectivity index (χ1) is 14.3. The zero-order valence-corrected chi connectivity index (χ0v) is 18.5. The van der Waals surface area contributed by atoms with Crippen LogP contribution in [0.25, 0.3) is 6.08 Å². The topological polar surface area (TPSA) is 91.7 Å². The quantitative estimate of drug-likeness (QED) is 0.395. The summed E-state index contributed by atoms with van der Waals surface area (Å²) < 4.78 is 11.4. The number of carbonyl (C=O) groups excluding carboxylic acids is 2. The van der Waals surface area contributed by atoms with Crippen LogP contribution in [0.1, 0.15) is 11.1 Å². The molecule has 1 fully saturated rings. The molecule has 3 rings (SSSR count). The van der Waals surface area contributed by atoms with E-state index in [1.807, 2.05) is 19.1 Å². The monoisotopic (exact) mass is 485 g/mol. The molecule has 30 heavy (non-hydrogen) atoms. The van der Waals surface area contributed by atoms with Crippen molar-refractivity contribution < 1.29 is 19.1 Å². The molecule has 1 aliphatic heterocycles. The fourth-order valence-electron chi connectivity index (χ4n) is 2.92. The third-order valence-corrected chi connectivity index (χ3v) is 5.07. The minimum absolute atomic E-state index is 0.0189. The van der Waals surface area contributed by atoms with Crippen LogP contribution in [0.3, 0.4) is 0 Å². The van der Waals surface area contributed by atoms with Crippen molar-refractivity contribution in [1.29, 1.82) is 5.26 Å². The van der Waals surface area contributed by atoms with Crippen molar-refractivity contribution in [2.24, 2.45) is 0 Å². The molecule has 1 N–H and O–H groups in total. The standard InChI is InChI=1S/C21H16BrN3O4S/c1-12-9-14(22)4-5-16(12)25-20(27)15(19(26)24-21(25)30)10-13-3-6-17(29-8-7-23)18(11-13)28-2/h3-6,9-11H,8H2,1-2H3,(H,24,26,30). The number of carbonyl (C=O) groups is 2. The van der Waals surface area contributed by atoms with Crippen molar-refractivity contribution in [3.05, 3.63) is 57.6 Å². The van der Waals surface area contributed by atoms with Gasteiger partial charge < -0.3 is 9.47 Å². The highest BCUT2D eigenvalue weighted by Gasteiger charge is 2.35. The van der Waals surface area contributed by atoms with Crippen LogP contribution in [0.5, 0.6) is 11.5 Å². The number of methoxy groups -OCH3 is 1. The second-order valence-electron chi connectivity index (χ2n) is 6.25. The predicted octanol–water partition coefficient (Wildman–Crippen LogP) is 3.50. The molecule has 0 saturated carbocycles. The Labute approximate surface area is 187 Å². The summed E-state index contributed by atoms with van der Waals surface area (Å²) in [5.74, 6) is -0.356. The fraction of sp³-hybridized carbons (Fsp3) is 0.143. The molecule has 0 spiro atoms. The summed E-state index contributed by atoms with van der Waals surface area (Å²) in [6, 6.07) is 12.2. The number of hydrogen-bond acceptors (Lipinski definition) is 6. The van der Waals surface area contributed by atoms with Crippen LogP contribution in [-0.4, -0.2) is 30.6 Å². The van der Waals surface area contributed by atoms with Crippen molar-refractivity contribution in [3.63, 3.8) is 0 Å². The number of halogens is 1. The van der Waals surface area contributed by atoms with E-state index in [0.29, 0.717) is 22.7 Å². The summed E-state index contributed by atoms with van der Waals surface area (Å²) in [5, 5.41) is 11.3. The lowest BCUT2D eigenvalue weighted by Gasteiger charge is -2.30. The lowest BCUT2D eigenvalue weighted by Crippen LogP contribution is -2.54. The first-order valence-corrected chi connectivity index (χ1v) is 9.91. The number of nitrogens with one attached hydrogen (secondary N) is 1. The Kier molecular flexibility index (Phi) is 6.50. The molecule has 1 heterocycles. The van der Waals surface area contributed by atoms with Gasteiger partial charge in [-0.2, -0.15) is 5.26 Å². The molecular weight excluding hydrogens is 470 g/mol. The smallest absolute Gasteiger partial charge is 0.270 e. The Balaban J connectivity index is 1.99. The number of aryl methyl sites for hydroxylation is 1. The Bertz CT molecular complexity index is 1120. The van der Waals surface area contributed by atoms with Crippen molar-refractivity contribution in [1.82, 2.24) is 5.32 Å². The van der Waals surface area contributed by atoms with Crippen molar-refractivity contribution in [3.8, 4) is 17.6 Å². The molecule has 0 radical (unpaired) electrons. The van der Waals surface area contributed by atoms with Crippen LogP contribution in [-0.2, 0) is 9.59 Å². The van der Waals surface area contributed by atoms with Gasteiger partial charge in [-0.1, -0.05) is 22.0 Å². The van der Waals surface area contributed by atoms with Gasteiger partial charge in [-0.3, -0.25) is 19.8 Å². The largest absolute Gasteiger partial charge is 0.493 e. The summed E-state index contributed by atoms with van der Waals surface area (Å²) in [7, 11) is 1.46. The van der Waals surface area contributed by atoms with E-state index >= 15 is 0 Å². The highest BCUT2D eigenvalue weighted by atomic mass is 79.9. The minimum atomic E-state index is -0.584. The molecule has 1 saturated heterocycles. The van der Waals surface area contributed by atoms with Gasteiger partial charge in [0.25, 0.3) is 11.8 Å². The number of ether oxygens (including phenoxy) is 2. The molecule has 2 aromatic rings. The summed E-state index contributed by atoms with van der Waals surface area (Å²) >= 11 is 8.64. The number of rotatable bonds is 5. The van der Waals surface area contributed by atoms with E-state index in [4.69, 9.17) is 27.0 Å². The van der Waals surface area contributed by atoms with Gasteiger partial charge in [-0.25, -0.2) is 0 Å². The molecule has 0 unspecified atom stereocenters. The zero-order valence-electron chi connectivity index (χ0n) is 16.1. The maximum absolute atomic E-state index is 13.2. The number of anilines is 1. The Morgan fingerprint density at radius 1 is 1.23 bits per heavy atom. The maximum Gasteiger partial charge on any atom is 0.270 e. The number of hydrogen-bond donors (Lipinski definition) is 1. The first-order valence-electron chi connectivity index (χ1n) is 8.71. The molecule has 7 nitrogen and oxygen atoms in total. The summed E-state index contributed by atoms with van der Waals surface area (Å²) in [6.07, 6.45) is 1.46. The molecule has 152 valence electrons. The zero-order chi connectivity index (χ0) is 21.8. The molecule has 2 aromatic carbocycles.